The number of amides is 1. The molecule has 1 atom stereocenters. The Morgan fingerprint density at radius 1 is 1.23 bits per heavy atom. The number of carbonyl (C=O) groups is 1. The van der Waals surface area contributed by atoms with E-state index >= 15 is 0 Å². The molecule has 0 radical (unpaired) electrons. The second kappa shape index (κ2) is 7.07. The molecule has 0 bridgehead atoms. The minimum atomic E-state index is -0.356. The van der Waals surface area contributed by atoms with Crippen LogP contribution in [0.25, 0.3) is 11.4 Å². The molecule has 1 amide bonds. The minimum absolute atomic E-state index is 0.0443. The number of aryl methyl sites for hydroxylation is 2. The van der Waals surface area contributed by atoms with E-state index in [0.29, 0.717) is 23.7 Å². The van der Waals surface area contributed by atoms with Crippen LogP contribution < -0.4 is 5.32 Å². The zero-order valence-corrected chi connectivity index (χ0v) is 14.1. The Balaban J connectivity index is 1.34. The van der Waals surface area contributed by atoms with Crippen LogP contribution in [-0.2, 0) is 17.6 Å². The Morgan fingerprint density at radius 3 is 3.00 bits per heavy atom. The number of nitrogens with zero attached hydrogens (tertiary/aromatic N) is 2. The van der Waals surface area contributed by atoms with Gasteiger partial charge in [0.15, 0.2) is 0 Å². The van der Waals surface area contributed by atoms with Crippen molar-refractivity contribution in [2.45, 2.75) is 31.7 Å². The molecule has 5 nitrogen and oxygen atoms in total. The average molecular weight is 351 g/mol. The average Bonchev–Trinajstić information content (AvgIpc) is 3.28. The van der Waals surface area contributed by atoms with Crippen LogP contribution in [0.1, 0.15) is 35.9 Å². The topological polar surface area (TPSA) is 68.0 Å². The molecule has 26 heavy (non-hydrogen) atoms. The van der Waals surface area contributed by atoms with Crippen LogP contribution in [0.15, 0.2) is 53.1 Å². The number of benzene rings is 2. The maximum Gasteiger partial charge on any atom is 0.227 e. The zero-order chi connectivity index (χ0) is 17.9. The van der Waals surface area contributed by atoms with Gasteiger partial charge in [0.25, 0.3) is 0 Å². The lowest BCUT2D eigenvalue weighted by Gasteiger charge is -2.13. The summed E-state index contributed by atoms with van der Waals surface area (Å²) in [4.78, 5) is 16.5. The molecule has 0 spiro atoms. The van der Waals surface area contributed by atoms with Gasteiger partial charge in [-0.05, 0) is 36.1 Å². The van der Waals surface area contributed by atoms with Crippen molar-refractivity contribution in [3.63, 3.8) is 0 Å². The number of carbonyl (C=O) groups excluding carboxylic acids is 1. The molecule has 0 saturated carbocycles. The van der Waals surface area contributed by atoms with Crippen LogP contribution in [-0.4, -0.2) is 16.0 Å². The normalized spacial score (nSPS) is 15.7. The Bertz CT molecular complexity index is 938. The van der Waals surface area contributed by atoms with E-state index in [9.17, 15) is 9.18 Å². The van der Waals surface area contributed by atoms with E-state index in [1.165, 1.54) is 23.3 Å². The van der Waals surface area contributed by atoms with Crippen LogP contribution in [0, 0.1) is 5.82 Å². The molecule has 0 unspecified atom stereocenters. The van der Waals surface area contributed by atoms with E-state index in [2.05, 4.69) is 27.6 Å². The number of rotatable bonds is 5. The molecule has 4 rings (SSSR count). The van der Waals surface area contributed by atoms with Gasteiger partial charge in [-0.2, -0.15) is 4.98 Å². The summed E-state index contributed by atoms with van der Waals surface area (Å²) in [5, 5.41) is 6.93. The van der Waals surface area contributed by atoms with Crippen molar-refractivity contribution in [2.75, 3.05) is 0 Å². The molecule has 2 aromatic carbocycles. The SMILES string of the molecule is O=C(CCc1nc(-c2cccc(F)c2)no1)N[C@H]1CCc2ccccc21. The molecule has 132 valence electrons. The molecule has 1 aliphatic carbocycles. The fraction of sp³-hybridized carbons (Fsp3) is 0.250. The summed E-state index contributed by atoms with van der Waals surface area (Å²) in [6, 6.07) is 14.3. The smallest absolute Gasteiger partial charge is 0.227 e. The van der Waals surface area contributed by atoms with Crippen molar-refractivity contribution >= 4 is 5.91 Å². The molecule has 1 N–H and O–H groups in total. The summed E-state index contributed by atoms with van der Waals surface area (Å²) in [6.45, 7) is 0. The van der Waals surface area contributed by atoms with Gasteiger partial charge in [-0.15, -0.1) is 0 Å². The number of halogens is 1. The molecular formula is C20H18FN3O2. The second-order valence-electron chi connectivity index (χ2n) is 6.38. The van der Waals surface area contributed by atoms with Gasteiger partial charge in [0.1, 0.15) is 5.82 Å². The van der Waals surface area contributed by atoms with Crippen LogP contribution in [0.4, 0.5) is 4.39 Å². The highest BCUT2D eigenvalue weighted by Gasteiger charge is 2.23. The van der Waals surface area contributed by atoms with Crippen molar-refractivity contribution < 1.29 is 13.7 Å². The minimum Gasteiger partial charge on any atom is -0.349 e. The highest BCUT2D eigenvalue weighted by molar-refractivity contribution is 5.76. The summed E-state index contributed by atoms with van der Waals surface area (Å²) in [5.41, 5.74) is 3.05. The van der Waals surface area contributed by atoms with E-state index in [0.717, 1.165) is 12.8 Å². The molecule has 0 aliphatic heterocycles. The number of hydrogen-bond acceptors (Lipinski definition) is 4. The van der Waals surface area contributed by atoms with Gasteiger partial charge >= 0.3 is 0 Å². The quantitative estimate of drug-likeness (QED) is 0.762. The van der Waals surface area contributed by atoms with Crippen molar-refractivity contribution in [1.29, 1.82) is 0 Å². The first kappa shape index (κ1) is 16.4. The maximum absolute atomic E-state index is 13.3. The third kappa shape index (κ3) is 3.49. The molecule has 1 aromatic heterocycles. The van der Waals surface area contributed by atoms with Gasteiger partial charge in [-0.1, -0.05) is 41.6 Å². The molecule has 1 aliphatic rings. The third-order valence-corrected chi connectivity index (χ3v) is 4.58. The number of aromatic nitrogens is 2. The zero-order valence-electron chi connectivity index (χ0n) is 14.1. The summed E-state index contributed by atoms with van der Waals surface area (Å²) < 4.78 is 18.4. The molecule has 0 fully saturated rings. The summed E-state index contributed by atoms with van der Waals surface area (Å²) in [7, 11) is 0. The van der Waals surface area contributed by atoms with Crippen molar-refractivity contribution in [3.05, 3.63) is 71.4 Å². The number of hydrogen-bond donors (Lipinski definition) is 1. The predicted molar refractivity (Wildman–Crippen MR) is 93.7 cm³/mol. The lowest BCUT2D eigenvalue weighted by molar-refractivity contribution is -0.121. The van der Waals surface area contributed by atoms with Gasteiger partial charge in [-0.25, -0.2) is 4.39 Å². The number of nitrogens with one attached hydrogen (secondary N) is 1. The summed E-state index contributed by atoms with van der Waals surface area (Å²) in [6.07, 6.45) is 2.53. The molecular weight excluding hydrogens is 333 g/mol. The lowest BCUT2D eigenvalue weighted by Crippen LogP contribution is -2.27. The Labute approximate surface area is 150 Å². The highest BCUT2D eigenvalue weighted by Crippen LogP contribution is 2.30. The molecule has 0 saturated heterocycles. The standard InChI is InChI=1S/C20H18FN3O2/c21-15-6-3-5-14(12-15)20-23-19(26-24-20)11-10-18(25)22-17-9-8-13-4-1-2-7-16(13)17/h1-7,12,17H,8-11H2,(H,22,25)/t17-/m0/s1. The first-order chi connectivity index (χ1) is 12.7. The van der Waals surface area contributed by atoms with Crippen molar-refractivity contribution in [2.24, 2.45) is 0 Å². The second-order valence-corrected chi connectivity index (χ2v) is 6.38. The Hall–Kier alpha value is -3.02. The predicted octanol–water partition coefficient (Wildman–Crippen LogP) is 3.61. The van der Waals surface area contributed by atoms with Gasteiger partial charge in [0, 0.05) is 18.4 Å². The summed E-state index contributed by atoms with van der Waals surface area (Å²) in [5.74, 6) is 0.290. The Morgan fingerprint density at radius 2 is 2.12 bits per heavy atom. The van der Waals surface area contributed by atoms with E-state index in [-0.39, 0.29) is 24.2 Å². The highest BCUT2D eigenvalue weighted by atomic mass is 19.1. The van der Waals surface area contributed by atoms with E-state index in [4.69, 9.17) is 4.52 Å². The van der Waals surface area contributed by atoms with Crippen LogP contribution in [0.3, 0.4) is 0 Å². The molecule has 1 heterocycles. The molecule has 6 heteroatoms. The first-order valence-corrected chi connectivity index (χ1v) is 8.65. The van der Waals surface area contributed by atoms with Crippen LogP contribution >= 0.6 is 0 Å². The van der Waals surface area contributed by atoms with Crippen LogP contribution in [0.2, 0.25) is 0 Å². The van der Waals surface area contributed by atoms with E-state index < -0.39 is 0 Å². The Kier molecular flexibility index (Phi) is 4.48. The van der Waals surface area contributed by atoms with Gasteiger partial charge in [0.2, 0.25) is 17.6 Å². The largest absolute Gasteiger partial charge is 0.349 e. The van der Waals surface area contributed by atoms with Crippen molar-refractivity contribution in [1.82, 2.24) is 15.5 Å². The van der Waals surface area contributed by atoms with Crippen molar-refractivity contribution in [3.8, 4) is 11.4 Å². The van der Waals surface area contributed by atoms with Gasteiger partial charge < -0.3 is 9.84 Å². The van der Waals surface area contributed by atoms with Crippen LogP contribution in [0.5, 0.6) is 0 Å². The van der Waals surface area contributed by atoms with Gasteiger partial charge in [0.05, 0.1) is 6.04 Å². The fourth-order valence-corrected chi connectivity index (χ4v) is 3.30. The fourth-order valence-electron chi connectivity index (χ4n) is 3.30. The van der Waals surface area contributed by atoms with E-state index in [1.54, 1.807) is 12.1 Å². The van der Waals surface area contributed by atoms with E-state index in [1.807, 2.05) is 12.1 Å². The molecule has 3 aromatic rings. The van der Waals surface area contributed by atoms with Gasteiger partial charge in [-0.3, -0.25) is 4.79 Å². The summed E-state index contributed by atoms with van der Waals surface area (Å²) >= 11 is 0. The lowest BCUT2D eigenvalue weighted by atomic mass is 10.1. The maximum atomic E-state index is 13.3. The number of fused-ring (bicyclic) bond motifs is 1. The first-order valence-electron chi connectivity index (χ1n) is 8.65. The third-order valence-electron chi connectivity index (χ3n) is 4.58. The monoisotopic (exact) mass is 351 g/mol.